The number of rotatable bonds is 8. The summed E-state index contributed by atoms with van der Waals surface area (Å²) >= 11 is 0. The van der Waals surface area contributed by atoms with Crippen LogP contribution in [0.4, 0.5) is 0 Å². The Labute approximate surface area is 182 Å². The first-order valence-corrected chi connectivity index (χ1v) is 10.8. The monoisotopic (exact) mass is 415 g/mol. The molecule has 2 aromatic heterocycles. The van der Waals surface area contributed by atoms with Crippen molar-refractivity contribution in [3.8, 4) is 22.5 Å². The molecule has 0 atom stereocenters. The molecule has 0 aliphatic carbocycles. The molecule has 0 saturated carbocycles. The molecule has 1 N–H and O–H groups in total. The van der Waals surface area contributed by atoms with Gasteiger partial charge in [0.2, 0.25) is 5.82 Å². The lowest BCUT2D eigenvalue weighted by atomic mass is 9.98. The van der Waals surface area contributed by atoms with E-state index in [4.69, 9.17) is 10.1 Å². The zero-order valence-corrected chi connectivity index (χ0v) is 18.6. The summed E-state index contributed by atoms with van der Waals surface area (Å²) in [6, 6.07) is 16.7. The minimum atomic E-state index is 0.541. The first-order chi connectivity index (χ1) is 15.0. The van der Waals surface area contributed by atoms with Crippen molar-refractivity contribution >= 4 is 0 Å². The number of aromatic amines is 1. The summed E-state index contributed by atoms with van der Waals surface area (Å²) < 4.78 is 2.07. The number of H-pyrrole nitrogens is 1. The van der Waals surface area contributed by atoms with E-state index in [1.165, 1.54) is 5.56 Å². The Balaban J connectivity index is 1.58. The van der Waals surface area contributed by atoms with Crippen molar-refractivity contribution in [2.75, 3.05) is 0 Å². The van der Waals surface area contributed by atoms with Gasteiger partial charge in [-0.1, -0.05) is 76.2 Å². The third-order valence-electron chi connectivity index (χ3n) is 5.08. The molecule has 0 saturated heterocycles. The standard InChI is InChI=1S/C24H29N7/c1-16(2)13-22-25-23(14-17(3)4)31(28-22)15-18-9-11-19(12-10-18)20-7-5-6-8-21(20)24-26-29-30-27-24/h5-12,16-17H,13-15H2,1-4H3,(H,26,27,29,30). The highest BCUT2D eigenvalue weighted by Crippen LogP contribution is 2.29. The van der Waals surface area contributed by atoms with Crippen molar-refractivity contribution in [3.05, 3.63) is 65.7 Å². The SMILES string of the molecule is CC(C)Cc1nc(CC(C)C)n(Cc2ccc(-c3ccccc3-c3nn[nH]n3)cc2)n1. The second kappa shape index (κ2) is 9.20. The fraction of sp³-hybridized carbons (Fsp3) is 0.375. The summed E-state index contributed by atoms with van der Waals surface area (Å²) in [7, 11) is 0. The predicted octanol–water partition coefficient (Wildman–Crippen LogP) is 4.57. The number of nitrogens with zero attached hydrogens (tertiary/aromatic N) is 6. The van der Waals surface area contributed by atoms with Crippen LogP contribution in [0.25, 0.3) is 22.5 Å². The van der Waals surface area contributed by atoms with Gasteiger partial charge in [0, 0.05) is 18.4 Å². The van der Waals surface area contributed by atoms with E-state index in [1.54, 1.807) is 0 Å². The quantitative estimate of drug-likeness (QED) is 0.456. The maximum Gasteiger partial charge on any atom is 0.205 e. The molecule has 0 aliphatic heterocycles. The van der Waals surface area contributed by atoms with Gasteiger partial charge in [-0.2, -0.15) is 10.3 Å². The van der Waals surface area contributed by atoms with Crippen LogP contribution in [0.3, 0.4) is 0 Å². The molecule has 0 bridgehead atoms. The molecular formula is C24H29N7. The number of hydrogen-bond donors (Lipinski definition) is 1. The lowest BCUT2D eigenvalue weighted by Crippen LogP contribution is -2.09. The third-order valence-corrected chi connectivity index (χ3v) is 5.08. The first-order valence-electron chi connectivity index (χ1n) is 10.8. The molecule has 0 radical (unpaired) electrons. The van der Waals surface area contributed by atoms with E-state index >= 15 is 0 Å². The first kappa shape index (κ1) is 20.9. The molecule has 4 aromatic rings. The lowest BCUT2D eigenvalue weighted by molar-refractivity contribution is 0.560. The van der Waals surface area contributed by atoms with E-state index in [0.717, 1.165) is 47.7 Å². The van der Waals surface area contributed by atoms with Crippen LogP contribution in [-0.4, -0.2) is 35.4 Å². The summed E-state index contributed by atoms with van der Waals surface area (Å²) in [5, 5.41) is 19.3. The minimum Gasteiger partial charge on any atom is -0.245 e. The maximum atomic E-state index is 4.82. The van der Waals surface area contributed by atoms with Crippen LogP contribution < -0.4 is 0 Å². The Hall–Kier alpha value is -3.35. The van der Waals surface area contributed by atoms with Crippen LogP contribution in [0.2, 0.25) is 0 Å². The van der Waals surface area contributed by atoms with Crippen molar-refractivity contribution in [1.29, 1.82) is 0 Å². The highest BCUT2D eigenvalue weighted by molar-refractivity contribution is 5.80. The molecule has 2 aromatic carbocycles. The smallest absolute Gasteiger partial charge is 0.205 e. The van der Waals surface area contributed by atoms with Crippen LogP contribution in [0.1, 0.15) is 44.9 Å². The molecular weight excluding hydrogens is 386 g/mol. The van der Waals surface area contributed by atoms with Gasteiger partial charge in [0.25, 0.3) is 0 Å². The van der Waals surface area contributed by atoms with Gasteiger partial charge < -0.3 is 0 Å². The zero-order chi connectivity index (χ0) is 21.8. The zero-order valence-electron chi connectivity index (χ0n) is 18.6. The van der Waals surface area contributed by atoms with E-state index in [0.29, 0.717) is 17.7 Å². The second-order valence-corrected chi connectivity index (χ2v) is 8.78. The molecule has 0 fully saturated rings. The average Bonchev–Trinajstić information content (AvgIpc) is 3.38. The van der Waals surface area contributed by atoms with Crippen LogP contribution in [0.5, 0.6) is 0 Å². The van der Waals surface area contributed by atoms with Crippen molar-refractivity contribution in [3.63, 3.8) is 0 Å². The molecule has 0 aliphatic rings. The average molecular weight is 416 g/mol. The molecule has 0 unspecified atom stereocenters. The van der Waals surface area contributed by atoms with Gasteiger partial charge in [-0.3, -0.25) is 0 Å². The maximum absolute atomic E-state index is 4.82. The number of hydrogen-bond acceptors (Lipinski definition) is 5. The van der Waals surface area contributed by atoms with Gasteiger partial charge in [-0.05, 0) is 33.7 Å². The second-order valence-electron chi connectivity index (χ2n) is 8.78. The fourth-order valence-electron chi connectivity index (χ4n) is 3.69. The number of benzene rings is 2. The fourth-order valence-corrected chi connectivity index (χ4v) is 3.69. The molecule has 160 valence electrons. The topological polar surface area (TPSA) is 85.2 Å². The molecule has 4 rings (SSSR count). The molecule has 7 nitrogen and oxygen atoms in total. The van der Waals surface area contributed by atoms with Gasteiger partial charge in [0.05, 0.1) is 6.54 Å². The molecule has 7 heteroatoms. The van der Waals surface area contributed by atoms with Gasteiger partial charge in [0.15, 0.2) is 5.82 Å². The van der Waals surface area contributed by atoms with Crippen molar-refractivity contribution in [2.24, 2.45) is 11.8 Å². The van der Waals surface area contributed by atoms with E-state index < -0.39 is 0 Å². The highest BCUT2D eigenvalue weighted by Gasteiger charge is 2.14. The Morgan fingerprint density at radius 2 is 1.58 bits per heavy atom. The van der Waals surface area contributed by atoms with E-state index in [1.807, 2.05) is 18.2 Å². The summed E-state index contributed by atoms with van der Waals surface area (Å²) in [5.41, 5.74) is 4.35. The van der Waals surface area contributed by atoms with Gasteiger partial charge in [-0.15, -0.1) is 10.2 Å². The third kappa shape index (κ3) is 5.05. The largest absolute Gasteiger partial charge is 0.245 e. The van der Waals surface area contributed by atoms with Crippen LogP contribution in [-0.2, 0) is 19.4 Å². The Kier molecular flexibility index (Phi) is 6.21. The lowest BCUT2D eigenvalue weighted by Gasteiger charge is -2.10. The Morgan fingerprint density at radius 3 is 2.23 bits per heavy atom. The van der Waals surface area contributed by atoms with Crippen molar-refractivity contribution in [1.82, 2.24) is 35.4 Å². The van der Waals surface area contributed by atoms with E-state index in [-0.39, 0.29) is 0 Å². The van der Waals surface area contributed by atoms with Gasteiger partial charge >= 0.3 is 0 Å². The van der Waals surface area contributed by atoms with Crippen LogP contribution >= 0.6 is 0 Å². The molecule has 2 heterocycles. The summed E-state index contributed by atoms with van der Waals surface area (Å²) in [4.78, 5) is 4.82. The normalized spacial score (nSPS) is 11.5. The van der Waals surface area contributed by atoms with E-state index in [9.17, 15) is 0 Å². The summed E-state index contributed by atoms with van der Waals surface area (Å²) in [5.74, 6) is 3.69. The Morgan fingerprint density at radius 1 is 0.871 bits per heavy atom. The molecule has 31 heavy (non-hydrogen) atoms. The number of nitrogens with one attached hydrogen (secondary N) is 1. The predicted molar refractivity (Wildman–Crippen MR) is 121 cm³/mol. The van der Waals surface area contributed by atoms with Crippen LogP contribution in [0, 0.1) is 11.8 Å². The summed E-state index contributed by atoms with van der Waals surface area (Å²) in [6.45, 7) is 9.57. The van der Waals surface area contributed by atoms with Crippen molar-refractivity contribution < 1.29 is 0 Å². The van der Waals surface area contributed by atoms with E-state index in [2.05, 4.69) is 83.3 Å². The number of tetrazole rings is 1. The highest BCUT2D eigenvalue weighted by atomic mass is 15.5. The van der Waals surface area contributed by atoms with Crippen LogP contribution in [0.15, 0.2) is 48.5 Å². The minimum absolute atomic E-state index is 0.541. The Bertz CT molecular complexity index is 1110. The summed E-state index contributed by atoms with van der Waals surface area (Å²) in [6.07, 6.45) is 1.84. The molecule has 0 amide bonds. The molecule has 0 spiro atoms. The van der Waals surface area contributed by atoms with Crippen molar-refractivity contribution in [2.45, 2.75) is 47.1 Å². The van der Waals surface area contributed by atoms with Gasteiger partial charge in [0.1, 0.15) is 5.82 Å². The van der Waals surface area contributed by atoms with Gasteiger partial charge in [-0.25, -0.2) is 9.67 Å². The number of aromatic nitrogens is 7.